The SMILES string of the molecule is CC(C)(C)c1ccc(Nc2cc3c(cc2-c2ccc4c5cc6c(cc5n5c4c2[B]c2cc4occ(-c7ccccc7)c4cc2-5)-c2ccccc2C6(C)C)-c2ccccc2C3(C)C)cc1. The van der Waals surface area contributed by atoms with Gasteiger partial charge in [0.2, 0.25) is 0 Å². The van der Waals surface area contributed by atoms with Gasteiger partial charge in [0.15, 0.2) is 7.28 Å². The summed E-state index contributed by atoms with van der Waals surface area (Å²) in [5.41, 5.74) is 25.6. The zero-order chi connectivity index (χ0) is 43.4. The van der Waals surface area contributed by atoms with Crippen molar-refractivity contribution in [3.8, 4) is 50.2 Å². The summed E-state index contributed by atoms with van der Waals surface area (Å²) >= 11 is 0. The molecule has 0 fully saturated rings. The lowest BCUT2D eigenvalue weighted by Gasteiger charge is -2.26. The Balaban J connectivity index is 1.10. The zero-order valence-electron chi connectivity index (χ0n) is 37.4. The van der Waals surface area contributed by atoms with E-state index in [-0.39, 0.29) is 16.2 Å². The Labute approximate surface area is 375 Å². The molecule has 307 valence electrons. The summed E-state index contributed by atoms with van der Waals surface area (Å²) in [6.45, 7) is 16.3. The number of hydrogen-bond acceptors (Lipinski definition) is 2. The first-order valence-electron chi connectivity index (χ1n) is 22.7. The fourth-order valence-electron chi connectivity index (χ4n) is 11.6. The highest BCUT2D eigenvalue weighted by Crippen LogP contribution is 2.54. The van der Waals surface area contributed by atoms with Crippen LogP contribution >= 0.6 is 0 Å². The van der Waals surface area contributed by atoms with Crippen molar-refractivity contribution in [1.82, 2.24) is 4.57 Å². The van der Waals surface area contributed by atoms with Gasteiger partial charge in [-0.05, 0) is 121 Å². The van der Waals surface area contributed by atoms with E-state index >= 15 is 0 Å². The fourth-order valence-corrected chi connectivity index (χ4v) is 11.6. The van der Waals surface area contributed by atoms with Crippen LogP contribution in [0.1, 0.15) is 76.3 Å². The van der Waals surface area contributed by atoms with Crippen LogP contribution in [0, 0.1) is 0 Å². The predicted molar refractivity (Wildman–Crippen MR) is 270 cm³/mol. The molecule has 3 nitrogen and oxygen atoms in total. The Kier molecular flexibility index (Phi) is 7.50. The number of fused-ring (bicyclic) bond motifs is 12. The molecule has 1 radical (unpaired) electrons. The molecule has 0 saturated carbocycles. The second kappa shape index (κ2) is 12.8. The highest BCUT2D eigenvalue weighted by Gasteiger charge is 2.39. The number of anilines is 2. The standard InChI is InChI=1S/C60H48BN2O/c1-58(2,3)35-21-23-36(24-22-35)62-52-31-50-41(37-17-11-13-19-47(37)60(50,6)7)27-43(52)39-25-26-40-44-28-49-42(38-18-12-14-20-48(38)59(49,4)5)29-53(44)63-54-30-45-46(34-15-9-8-10-16-34)33-64-55(45)32-51(54)61-56(39)57(40)63/h8-33,62H,1-7H3. The topological polar surface area (TPSA) is 30.1 Å². The molecular weight excluding hydrogens is 775 g/mol. The van der Waals surface area contributed by atoms with Gasteiger partial charge in [-0.3, -0.25) is 0 Å². The van der Waals surface area contributed by atoms with Crippen LogP contribution in [0.5, 0.6) is 0 Å². The van der Waals surface area contributed by atoms with Gasteiger partial charge in [0.05, 0.1) is 11.8 Å². The highest BCUT2D eigenvalue weighted by molar-refractivity contribution is 6.73. The Hall–Kier alpha value is -7.04. The second-order valence-electron chi connectivity index (χ2n) is 20.5. The molecule has 1 aliphatic heterocycles. The number of furan rings is 1. The van der Waals surface area contributed by atoms with Gasteiger partial charge >= 0.3 is 0 Å². The Morgan fingerprint density at radius 1 is 0.531 bits per heavy atom. The third kappa shape index (κ3) is 5.11. The maximum absolute atomic E-state index is 6.42. The summed E-state index contributed by atoms with van der Waals surface area (Å²) in [5.74, 6) is 0. The van der Waals surface area contributed by atoms with E-state index in [1.54, 1.807) is 0 Å². The van der Waals surface area contributed by atoms with E-state index in [1.165, 1.54) is 94.2 Å². The first kappa shape index (κ1) is 37.5. The molecule has 2 aromatic heterocycles. The van der Waals surface area contributed by atoms with E-state index < -0.39 is 0 Å². The first-order valence-corrected chi connectivity index (χ1v) is 22.7. The van der Waals surface area contributed by atoms with Crippen molar-refractivity contribution in [3.63, 3.8) is 0 Å². The third-order valence-corrected chi connectivity index (χ3v) is 15.1. The lowest BCUT2D eigenvalue weighted by Crippen LogP contribution is -2.37. The van der Waals surface area contributed by atoms with Gasteiger partial charge in [-0.25, -0.2) is 0 Å². The molecule has 2 aliphatic carbocycles. The molecule has 0 unspecified atom stereocenters. The van der Waals surface area contributed by atoms with Gasteiger partial charge in [-0.2, -0.15) is 0 Å². The molecule has 0 bridgehead atoms. The molecule has 3 aliphatic rings. The Bertz CT molecular complexity index is 3630. The average molecular weight is 824 g/mol. The van der Waals surface area contributed by atoms with Gasteiger partial charge in [-0.1, -0.05) is 157 Å². The predicted octanol–water partition coefficient (Wildman–Crippen LogP) is 14.5. The molecule has 3 heterocycles. The Morgan fingerprint density at radius 3 is 1.89 bits per heavy atom. The van der Waals surface area contributed by atoms with E-state index in [9.17, 15) is 0 Å². The van der Waals surface area contributed by atoms with Crippen LogP contribution < -0.4 is 16.2 Å². The van der Waals surface area contributed by atoms with Crippen molar-refractivity contribution in [3.05, 3.63) is 186 Å². The first-order chi connectivity index (χ1) is 30.9. The van der Waals surface area contributed by atoms with Crippen LogP contribution in [0.4, 0.5) is 11.4 Å². The summed E-state index contributed by atoms with van der Waals surface area (Å²) < 4.78 is 8.98. The van der Waals surface area contributed by atoms with Crippen LogP contribution in [-0.2, 0) is 16.2 Å². The smallest absolute Gasteiger partial charge is 0.198 e. The maximum Gasteiger partial charge on any atom is 0.198 e. The molecule has 13 rings (SSSR count). The molecular formula is C60H48BN2O. The summed E-state index contributed by atoms with van der Waals surface area (Å²) in [7, 11) is 2.43. The lowest BCUT2D eigenvalue weighted by atomic mass is 9.59. The average Bonchev–Trinajstić information content (AvgIpc) is 3.99. The number of aromatic nitrogens is 1. The largest absolute Gasteiger partial charge is 0.464 e. The van der Waals surface area contributed by atoms with Crippen molar-refractivity contribution in [1.29, 1.82) is 0 Å². The molecule has 0 atom stereocenters. The number of nitrogens with one attached hydrogen (secondary N) is 1. The minimum Gasteiger partial charge on any atom is -0.464 e. The number of hydrogen-bond donors (Lipinski definition) is 1. The normalized spacial score (nSPS) is 14.9. The van der Waals surface area contributed by atoms with Crippen molar-refractivity contribution in [2.45, 2.75) is 64.7 Å². The van der Waals surface area contributed by atoms with Crippen LogP contribution in [0.25, 0.3) is 83.0 Å². The molecule has 0 saturated heterocycles. The maximum atomic E-state index is 6.42. The minimum atomic E-state index is -0.146. The molecule has 0 amide bonds. The summed E-state index contributed by atoms with van der Waals surface area (Å²) in [6.07, 6.45) is 1.93. The number of nitrogens with zero attached hydrogens (tertiary/aromatic N) is 1. The molecule has 0 spiro atoms. The molecule has 1 N–H and O–H groups in total. The Morgan fingerprint density at radius 2 is 1.19 bits per heavy atom. The second-order valence-corrected chi connectivity index (χ2v) is 20.5. The van der Waals surface area contributed by atoms with Crippen LogP contribution in [0.3, 0.4) is 0 Å². The van der Waals surface area contributed by atoms with Crippen molar-refractivity contribution < 1.29 is 4.42 Å². The number of rotatable bonds is 4. The van der Waals surface area contributed by atoms with Crippen molar-refractivity contribution in [2.75, 3.05) is 5.32 Å². The summed E-state index contributed by atoms with van der Waals surface area (Å²) in [4.78, 5) is 0. The molecule has 4 heteroatoms. The van der Waals surface area contributed by atoms with Crippen molar-refractivity contribution in [2.24, 2.45) is 0 Å². The van der Waals surface area contributed by atoms with Gasteiger partial charge < -0.3 is 14.3 Å². The quantitative estimate of drug-likeness (QED) is 0.179. The molecule has 10 aromatic rings. The fraction of sp³-hybridized carbons (Fsp3) is 0.167. The van der Waals surface area contributed by atoms with Crippen LogP contribution in [0.15, 0.2) is 162 Å². The van der Waals surface area contributed by atoms with E-state index in [4.69, 9.17) is 4.42 Å². The van der Waals surface area contributed by atoms with E-state index in [2.05, 4.69) is 217 Å². The minimum absolute atomic E-state index is 0.0688. The molecule has 8 aromatic carbocycles. The van der Waals surface area contributed by atoms with E-state index in [0.29, 0.717) is 0 Å². The zero-order valence-corrected chi connectivity index (χ0v) is 37.4. The third-order valence-electron chi connectivity index (χ3n) is 15.1. The van der Waals surface area contributed by atoms with Gasteiger partial charge in [0.1, 0.15) is 5.58 Å². The van der Waals surface area contributed by atoms with Gasteiger partial charge in [-0.15, -0.1) is 0 Å². The van der Waals surface area contributed by atoms with E-state index in [0.717, 1.165) is 38.9 Å². The monoisotopic (exact) mass is 823 g/mol. The highest BCUT2D eigenvalue weighted by atomic mass is 16.3. The van der Waals surface area contributed by atoms with Crippen LogP contribution in [-0.4, -0.2) is 11.8 Å². The van der Waals surface area contributed by atoms with Gasteiger partial charge in [0.25, 0.3) is 0 Å². The van der Waals surface area contributed by atoms with Crippen LogP contribution in [0.2, 0.25) is 0 Å². The van der Waals surface area contributed by atoms with Gasteiger partial charge in [0, 0.05) is 60.7 Å². The lowest BCUT2D eigenvalue weighted by molar-refractivity contribution is 0.590. The van der Waals surface area contributed by atoms with Crippen molar-refractivity contribution >= 4 is 62.4 Å². The molecule has 64 heavy (non-hydrogen) atoms. The number of benzene rings is 8. The summed E-state index contributed by atoms with van der Waals surface area (Å²) in [5, 5.41) is 7.64. The summed E-state index contributed by atoms with van der Waals surface area (Å²) in [6, 6.07) is 56.9. The van der Waals surface area contributed by atoms with E-state index in [1.807, 2.05) is 6.26 Å².